The van der Waals surface area contributed by atoms with Crippen LogP contribution in [0.2, 0.25) is 0 Å². The zero-order valence-electron chi connectivity index (χ0n) is 15.4. The van der Waals surface area contributed by atoms with E-state index in [1.54, 1.807) is 27.8 Å². The Hall–Kier alpha value is -1.63. The van der Waals surface area contributed by atoms with Gasteiger partial charge < -0.3 is 20.1 Å². The van der Waals surface area contributed by atoms with Gasteiger partial charge in [-0.3, -0.25) is 4.79 Å². The lowest BCUT2D eigenvalue weighted by Crippen LogP contribution is -2.63. The Kier molecular flexibility index (Phi) is 7.22. The molecule has 0 bridgehead atoms. The van der Waals surface area contributed by atoms with Gasteiger partial charge in [0, 0.05) is 7.05 Å². The Morgan fingerprint density at radius 1 is 1.17 bits per heavy atom. The number of likely N-dealkylation sites (N-methyl/N-ethyl adjacent to an activating group) is 2. The fourth-order valence-electron chi connectivity index (χ4n) is 2.01. The highest BCUT2D eigenvalue weighted by Gasteiger charge is 2.51. The first kappa shape index (κ1) is 21.4. The maximum absolute atomic E-state index is 12.6. The van der Waals surface area contributed by atoms with Crippen LogP contribution in [0.4, 0.5) is 0 Å². The molecule has 7 nitrogen and oxygen atoms in total. The number of ether oxygens (including phenoxy) is 1. The summed E-state index contributed by atoms with van der Waals surface area (Å²) in [6, 6.07) is -0.568. The first-order chi connectivity index (χ1) is 10.3. The van der Waals surface area contributed by atoms with Crippen LogP contribution in [0, 0.1) is 5.92 Å². The van der Waals surface area contributed by atoms with Crippen molar-refractivity contribution in [2.45, 2.75) is 65.1 Å². The summed E-state index contributed by atoms with van der Waals surface area (Å²) in [6.07, 6.45) is 0.531. The lowest BCUT2D eigenvalue weighted by atomic mass is 9.96. The molecule has 0 aliphatic carbocycles. The molecule has 0 aromatic heterocycles. The monoisotopic (exact) mass is 330 g/mol. The Morgan fingerprint density at radius 2 is 1.65 bits per heavy atom. The number of hydrogen-bond donors (Lipinski definition) is 2. The molecule has 0 rings (SSSR count). The van der Waals surface area contributed by atoms with E-state index in [1.807, 2.05) is 13.8 Å². The third-order valence-corrected chi connectivity index (χ3v) is 3.57. The second kappa shape index (κ2) is 7.77. The van der Waals surface area contributed by atoms with Gasteiger partial charge in [-0.15, -0.1) is 0 Å². The first-order valence-corrected chi connectivity index (χ1v) is 7.69. The van der Waals surface area contributed by atoms with Crippen molar-refractivity contribution in [2.24, 2.45) is 5.92 Å². The molecule has 2 atom stereocenters. The van der Waals surface area contributed by atoms with Gasteiger partial charge in [0.25, 0.3) is 0 Å². The molecule has 0 aliphatic rings. The maximum Gasteiger partial charge on any atom is 0.344 e. The summed E-state index contributed by atoms with van der Waals surface area (Å²) in [6.45, 7) is 10.0. The van der Waals surface area contributed by atoms with Crippen LogP contribution in [0.25, 0.3) is 0 Å². The Morgan fingerprint density at radius 3 is 1.96 bits per heavy atom. The number of aliphatic carboxylic acids is 1. The lowest BCUT2D eigenvalue weighted by molar-refractivity contribution is -0.180. The molecule has 0 aromatic rings. The maximum atomic E-state index is 12.6. The molecule has 0 heterocycles. The van der Waals surface area contributed by atoms with Crippen molar-refractivity contribution in [3.63, 3.8) is 0 Å². The summed E-state index contributed by atoms with van der Waals surface area (Å²) in [5.74, 6) is -2.62. The third kappa shape index (κ3) is 5.49. The second-order valence-corrected chi connectivity index (χ2v) is 7.25. The molecule has 0 fully saturated rings. The van der Waals surface area contributed by atoms with E-state index in [4.69, 9.17) is 4.74 Å². The number of hydrogen-bond acceptors (Lipinski definition) is 5. The molecule has 23 heavy (non-hydrogen) atoms. The zero-order chi connectivity index (χ0) is 18.6. The van der Waals surface area contributed by atoms with Crippen LogP contribution in [-0.4, -0.2) is 59.1 Å². The molecule has 1 amide bonds. The number of rotatable bonds is 7. The van der Waals surface area contributed by atoms with Crippen molar-refractivity contribution in [3.05, 3.63) is 0 Å². The zero-order valence-corrected chi connectivity index (χ0v) is 15.4. The van der Waals surface area contributed by atoms with Crippen LogP contribution in [0.1, 0.15) is 48.0 Å². The van der Waals surface area contributed by atoms with Gasteiger partial charge in [0.15, 0.2) is 0 Å². The number of carbonyl (C=O) groups excluding carboxylic acids is 2. The lowest BCUT2D eigenvalue weighted by Gasteiger charge is -2.37. The molecule has 134 valence electrons. The van der Waals surface area contributed by atoms with Gasteiger partial charge in [-0.05, 0) is 47.1 Å². The van der Waals surface area contributed by atoms with E-state index in [-0.39, 0.29) is 5.92 Å². The van der Waals surface area contributed by atoms with Crippen LogP contribution in [-0.2, 0) is 19.1 Å². The highest BCUT2D eigenvalue weighted by molar-refractivity contribution is 6.07. The fraction of sp³-hybridized carbons (Fsp3) is 0.812. The number of carboxylic acids is 1. The average molecular weight is 330 g/mol. The van der Waals surface area contributed by atoms with E-state index in [9.17, 15) is 19.5 Å². The molecule has 0 saturated heterocycles. The molecule has 7 heteroatoms. The first-order valence-electron chi connectivity index (χ1n) is 7.69. The molecule has 0 radical (unpaired) electrons. The molecule has 0 spiro atoms. The number of carbonyl (C=O) groups is 3. The summed E-state index contributed by atoms with van der Waals surface area (Å²) < 4.78 is 5.20. The number of amides is 1. The highest BCUT2D eigenvalue weighted by Crippen LogP contribution is 2.22. The minimum atomic E-state index is -2.09. The van der Waals surface area contributed by atoms with Gasteiger partial charge in [0.1, 0.15) is 5.60 Å². The quantitative estimate of drug-likeness (QED) is 0.539. The van der Waals surface area contributed by atoms with Crippen LogP contribution >= 0.6 is 0 Å². The largest absolute Gasteiger partial charge is 0.479 e. The summed E-state index contributed by atoms with van der Waals surface area (Å²) in [7, 11) is 2.94. The predicted molar refractivity (Wildman–Crippen MR) is 87.0 cm³/mol. The highest BCUT2D eigenvalue weighted by atomic mass is 16.6. The molecule has 2 N–H and O–H groups in total. The van der Waals surface area contributed by atoms with Gasteiger partial charge >= 0.3 is 11.9 Å². The summed E-state index contributed by atoms with van der Waals surface area (Å²) in [5, 5.41) is 12.4. The van der Waals surface area contributed by atoms with Crippen molar-refractivity contribution in [3.8, 4) is 0 Å². The van der Waals surface area contributed by atoms with Crippen molar-refractivity contribution in [1.82, 2.24) is 10.2 Å². The van der Waals surface area contributed by atoms with Crippen molar-refractivity contribution >= 4 is 17.8 Å². The fourth-order valence-corrected chi connectivity index (χ4v) is 2.01. The van der Waals surface area contributed by atoms with Crippen LogP contribution < -0.4 is 5.32 Å². The second-order valence-electron chi connectivity index (χ2n) is 7.25. The van der Waals surface area contributed by atoms with E-state index in [0.29, 0.717) is 6.42 Å². The SMILES string of the molecule is CN[C@@H](CC(C)C)C(=O)N(C)[C@](C)(C(=O)O)C(=O)OC(C)(C)C. The molecule has 0 aromatic carbocycles. The van der Waals surface area contributed by atoms with Crippen molar-refractivity contribution < 1.29 is 24.2 Å². The Bertz CT molecular complexity index is 456. The molecular formula is C16H30N2O5. The predicted octanol–water partition coefficient (Wildman–Crippen LogP) is 1.26. The van der Waals surface area contributed by atoms with E-state index in [0.717, 1.165) is 4.90 Å². The standard InChI is InChI=1S/C16H30N2O5/c1-10(2)9-11(17-7)12(19)18(8)16(6,13(20)21)14(22)23-15(3,4)5/h10-11,17H,9H2,1-8H3,(H,20,21)/t11-,16+/m0/s1. The van der Waals surface area contributed by atoms with Crippen LogP contribution in [0.3, 0.4) is 0 Å². The van der Waals surface area contributed by atoms with E-state index < -0.39 is 35.0 Å². The Balaban J connectivity index is 5.55. The summed E-state index contributed by atoms with van der Waals surface area (Å²) >= 11 is 0. The van der Waals surface area contributed by atoms with Gasteiger partial charge in [0.05, 0.1) is 6.04 Å². The summed E-state index contributed by atoms with van der Waals surface area (Å²) in [5.41, 5.74) is -2.94. The minimum Gasteiger partial charge on any atom is -0.479 e. The number of nitrogens with one attached hydrogen (secondary N) is 1. The molecule has 0 aliphatic heterocycles. The van der Waals surface area contributed by atoms with Gasteiger partial charge in [-0.25, -0.2) is 9.59 Å². The molecule has 0 unspecified atom stereocenters. The van der Waals surface area contributed by atoms with Gasteiger partial charge in [-0.2, -0.15) is 0 Å². The van der Waals surface area contributed by atoms with Crippen LogP contribution in [0.5, 0.6) is 0 Å². The third-order valence-electron chi connectivity index (χ3n) is 3.57. The van der Waals surface area contributed by atoms with Crippen molar-refractivity contribution in [2.75, 3.05) is 14.1 Å². The number of carboxylic acid groups (broad SMARTS) is 1. The van der Waals surface area contributed by atoms with Gasteiger partial charge in [-0.1, -0.05) is 13.8 Å². The van der Waals surface area contributed by atoms with Gasteiger partial charge in [0.2, 0.25) is 11.4 Å². The minimum absolute atomic E-state index is 0.238. The Labute approximate surface area is 138 Å². The molecule has 0 saturated carbocycles. The number of esters is 1. The van der Waals surface area contributed by atoms with E-state index in [1.165, 1.54) is 14.0 Å². The molecular weight excluding hydrogens is 300 g/mol. The smallest absolute Gasteiger partial charge is 0.344 e. The number of nitrogens with zero attached hydrogens (tertiary/aromatic N) is 1. The van der Waals surface area contributed by atoms with E-state index >= 15 is 0 Å². The summed E-state index contributed by atoms with van der Waals surface area (Å²) in [4.78, 5) is 37.7. The van der Waals surface area contributed by atoms with Crippen molar-refractivity contribution in [1.29, 1.82) is 0 Å². The normalized spacial score (nSPS) is 15.7. The average Bonchev–Trinajstić information content (AvgIpc) is 2.39. The van der Waals surface area contributed by atoms with E-state index in [2.05, 4.69) is 5.32 Å². The van der Waals surface area contributed by atoms with Crippen LogP contribution in [0.15, 0.2) is 0 Å². The topological polar surface area (TPSA) is 95.9 Å².